The number of carbonyl (C=O) groups is 1. The molecule has 1 aromatic heterocycles. The van der Waals surface area contributed by atoms with Crippen molar-refractivity contribution in [2.75, 3.05) is 18.3 Å². The topological polar surface area (TPSA) is 111 Å². The Morgan fingerprint density at radius 3 is 2.43 bits per heavy atom. The highest BCUT2D eigenvalue weighted by atomic mass is 16.5. The van der Waals surface area contributed by atoms with Crippen LogP contribution in [0, 0.1) is 0 Å². The second-order valence-electron chi connectivity index (χ2n) is 6.36. The number of ether oxygens (including phenoxy) is 2. The Labute approximate surface area is 172 Å². The van der Waals surface area contributed by atoms with Crippen LogP contribution >= 0.6 is 0 Å². The summed E-state index contributed by atoms with van der Waals surface area (Å²) < 4.78 is 10.9. The predicted molar refractivity (Wildman–Crippen MR) is 115 cm³/mol. The molecule has 0 atom stereocenters. The minimum Gasteiger partial charge on any atom is -0.497 e. The largest absolute Gasteiger partial charge is 0.497 e. The lowest BCUT2D eigenvalue weighted by molar-refractivity contribution is 0.0962. The zero-order chi connectivity index (χ0) is 20.9. The van der Waals surface area contributed by atoms with Crippen LogP contribution in [0.2, 0.25) is 0 Å². The van der Waals surface area contributed by atoms with Gasteiger partial charge >= 0.3 is 0 Å². The van der Waals surface area contributed by atoms with Crippen molar-refractivity contribution in [3.8, 4) is 17.4 Å². The zero-order valence-electron chi connectivity index (χ0n) is 16.1. The van der Waals surface area contributed by atoms with Crippen molar-refractivity contribution in [3.63, 3.8) is 0 Å². The molecule has 0 aliphatic rings. The van der Waals surface area contributed by atoms with Gasteiger partial charge in [-0.05, 0) is 47.2 Å². The quantitative estimate of drug-likeness (QED) is 0.422. The van der Waals surface area contributed by atoms with Gasteiger partial charge in [0.25, 0.3) is 5.91 Å². The molecule has 4 rings (SSSR count). The van der Waals surface area contributed by atoms with E-state index in [1.165, 1.54) is 6.33 Å². The van der Waals surface area contributed by atoms with Gasteiger partial charge in [0.2, 0.25) is 5.88 Å². The maximum absolute atomic E-state index is 12.3. The number of aromatic nitrogens is 2. The maximum Gasteiger partial charge on any atom is 0.269 e. The normalized spacial score (nSPS) is 10.4. The molecule has 0 aliphatic carbocycles. The average molecular weight is 401 g/mol. The molecule has 30 heavy (non-hydrogen) atoms. The third-order valence-electron chi connectivity index (χ3n) is 4.43. The van der Waals surface area contributed by atoms with Crippen LogP contribution in [-0.4, -0.2) is 23.0 Å². The van der Waals surface area contributed by atoms with E-state index >= 15 is 0 Å². The van der Waals surface area contributed by atoms with Crippen molar-refractivity contribution >= 4 is 28.2 Å². The lowest BCUT2D eigenvalue weighted by Crippen LogP contribution is -2.30. The van der Waals surface area contributed by atoms with E-state index in [4.69, 9.17) is 15.2 Å². The first kappa shape index (κ1) is 19.0. The van der Waals surface area contributed by atoms with Crippen LogP contribution in [0.5, 0.6) is 17.4 Å². The molecule has 4 N–H and O–H groups in total. The molecule has 1 amide bonds. The van der Waals surface area contributed by atoms with E-state index in [-0.39, 0.29) is 23.3 Å². The molecule has 0 radical (unpaired) electrons. The first-order valence-electron chi connectivity index (χ1n) is 9.11. The lowest BCUT2D eigenvalue weighted by atomic mass is 10.1. The summed E-state index contributed by atoms with van der Waals surface area (Å²) in [5, 5.41) is 2.14. The SMILES string of the molecule is COc1ccc(C(=O)NNc2ncnc(Oc3ccc4ccccc4c3)c2N)cc1. The highest BCUT2D eigenvalue weighted by molar-refractivity contribution is 5.95. The molecule has 0 saturated heterocycles. The fourth-order valence-corrected chi connectivity index (χ4v) is 2.83. The van der Waals surface area contributed by atoms with Gasteiger partial charge in [-0.15, -0.1) is 0 Å². The summed E-state index contributed by atoms with van der Waals surface area (Å²) in [5.74, 6) is 1.30. The van der Waals surface area contributed by atoms with Crippen LogP contribution in [0.25, 0.3) is 10.8 Å². The molecule has 0 aliphatic heterocycles. The Morgan fingerprint density at radius 2 is 1.67 bits per heavy atom. The molecule has 0 saturated carbocycles. The number of hydrazine groups is 1. The highest BCUT2D eigenvalue weighted by Crippen LogP contribution is 2.30. The van der Waals surface area contributed by atoms with E-state index in [2.05, 4.69) is 20.8 Å². The Kier molecular flexibility index (Phi) is 5.29. The second-order valence-corrected chi connectivity index (χ2v) is 6.36. The van der Waals surface area contributed by atoms with Gasteiger partial charge in [-0.3, -0.25) is 15.6 Å². The third-order valence-corrected chi connectivity index (χ3v) is 4.43. The van der Waals surface area contributed by atoms with Crippen LogP contribution in [0.1, 0.15) is 10.4 Å². The van der Waals surface area contributed by atoms with Gasteiger partial charge in [0, 0.05) is 5.56 Å². The molecule has 150 valence electrons. The fraction of sp³-hybridized carbons (Fsp3) is 0.0455. The van der Waals surface area contributed by atoms with E-state index in [1.54, 1.807) is 31.4 Å². The number of nitrogens with one attached hydrogen (secondary N) is 2. The van der Waals surface area contributed by atoms with Crippen LogP contribution in [-0.2, 0) is 0 Å². The van der Waals surface area contributed by atoms with Crippen LogP contribution in [0.4, 0.5) is 11.5 Å². The summed E-state index contributed by atoms with van der Waals surface area (Å²) >= 11 is 0. The zero-order valence-corrected chi connectivity index (χ0v) is 16.1. The Bertz CT molecular complexity index is 1190. The van der Waals surface area contributed by atoms with Crippen molar-refractivity contribution in [2.24, 2.45) is 0 Å². The monoisotopic (exact) mass is 401 g/mol. The summed E-state index contributed by atoms with van der Waals surface area (Å²) in [6.45, 7) is 0. The molecule has 0 spiro atoms. The Balaban J connectivity index is 1.47. The molecule has 4 aromatic rings. The number of hydrogen-bond donors (Lipinski definition) is 3. The van der Waals surface area contributed by atoms with E-state index in [9.17, 15) is 4.79 Å². The molecule has 8 nitrogen and oxygen atoms in total. The van der Waals surface area contributed by atoms with Gasteiger partial charge in [0.15, 0.2) is 5.82 Å². The van der Waals surface area contributed by atoms with Crippen molar-refractivity contribution in [2.45, 2.75) is 0 Å². The molecule has 0 bridgehead atoms. The van der Waals surface area contributed by atoms with Crippen molar-refractivity contribution in [1.82, 2.24) is 15.4 Å². The summed E-state index contributed by atoms with van der Waals surface area (Å²) in [5.41, 5.74) is 12.0. The third kappa shape index (κ3) is 4.07. The second kappa shape index (κ2) is 8.36. The van der Waals surface area contributed by atoms with Gasteiger partial charge in [0.1, 0.15) is 23.5 Å². The highest BCUT2D eigenvalue weighted by Gasteiger charge is 2.12. The molecule has 1 heterocycles. The number of nitrogen functional groups attached to an aromatic ring is 1. The number of methoxy groups -OCH3 is 1. The fourth-order valence-electron chi connectivity index (χ4n) is 2.83. The first-order valence-corrected chi connectivity index (χ1v) is 9.11. The van der Waals surface area contributed by atoms with Crippen molar-refractivity contribution < 1.29 is 14.3 Å². The van der Waals surface area contributed by atoms with E-state index in [0.717, 1.165) is 10.8 Å². The van der Waals surface area contributed by atoms with Gasteiger partial charge in [0.05, 0.1) is 7.11 Å². The van der Waals surface area contributed by atoms with Gasteiger partial charge in [-0.25, -0.2) is 4.98 Å². The van der Waals surface area contributed by atoms with Gasteiger partial charge in [-0.1, -0.05) is 30.3 Å². The van der Waals surface area contributed by atoms with Crippen LogP contribution < -0.4 is 26.1 Å². The standard InChI is InChI=1S/C22H19N5O3/c1-29-17-9-7-15(8-10-17)21(28)27-26-20-19(23)22(25-13-24-20)30-18-11-6-14-4-2-3-5-16(14)12-18/h2-13H,23H2,1H3,(H,27,28)(H,24,25,26). The maximum atomic E-state index is 12.3. The van der Waals surface area contributed by atoms with Gasteiger partial charge < -0.3 is 15.2 Å². The lowest BCUT2D eigenvalue weighted by Gasteiger charge is -2.13. The van der Waals surface area contributed by atoms with E-state index < -0.39 is 0 Å². The molecule has 8 heteroatoms. The number of nitrogens with zero attached hydrogens (tertiary/aromatic N) is 2. The summed E-state index contributed by atoms with van der Waals surface area (Å²) in [6, 6.07) is 20.3. The molecule has 0 unspecified atom stereocenters. The molecule has 0 fully saturated rings. The van der Waals surface area contributed by atoms with E-state index in [0.29, 0.717) is 17.1 Å². The van der Waals surface area contributed by atoms with Crippen molar-refractivity contribution in [3.05, 3.63) is 78.6 Å². The summed E-state index contributed by atoms with van der Waals surface area (Å²) in [7, 11) is 1.56. The summed E-state index contributed by atoms with van der Waals surface area (Å²) in [4.78, 5) is 20.5. The molecule has 3 aromatic carbocycles. The van der Waals surface area contributed by atoms with Crippen LogP contribution in [0.15, 0.2) is 73.1 Å². The van der Waals surface area contributed by atoms with Crippen LogP contribution in [0.3, 0.4) is 0 Å². The molecular formula is C22H19N5O3. The van der Waals surface area contributed by atoms with Gasteiger partial charge in [-0.2, -0.15) is 4.98 Å². The number of hydrogen-bond acceptors (Lipinski definition) is 7. The molecular weight excluding hydrogens is 382 g/mol. The van der Waals surface area contributed by atoms with Crippen molar-refractivity contribution in [1.29, 1.82) is 0 Å². The first-order chi connectivity index (χ1) is 14.6. The van der Waals surface area contributed by atoms with E-state index in [1.807, 2.05) is 42.5 Å². The number of benzene rings is 3. The number of nitrogens with two attached hydrogens (primary N) is 1. The average Bonchev–Trinajstić information content (AvgIpc) is 2.79. The number of fused-ring (bicyclic) bond motifs is 1. The number of rotatable bonds is 6. The number of amides is 1. The smallest absolute Gasteiger partial charge is 0.269 e. The minimum atomic E-state index is -0.354. The number of anilines is 2. The summed E-state index contributed by atoms with van der Waals surface area (Å²) in [6.07, 6.45) is 1.30. The number of carbonyl (C=O) groups excluding carboxylic acids is 1. The minimum absolute atomic E-state index is 0.167. The Morgan fingerprint density at radius 1 is 0.933 bits per heavy atom. The Hall–Kier alpha value is -4.33. The predicted octanol–water partition coefficient (Wildman–Crippen LogP) is 3.77.